The summed E-state index contributed by atoms with van der Waals surface area (Å²) in [5.74, 6) is -1.24. The second kappa shape index (κ2) is 5.40. The summed E-state index contributed by atoms with van der Waals surface area (Å²) in [6, 6.07) is 7.17. The van der Waals surface area contributed by atoms with Crippen molar-refractivity contribution >= 4 is 17.2 Å². The minimum absolute atomic E-state index is 0.100. The number of phenols is 1. The van der Waals surface area contributed by atoms with Crippen molar-refractivity contribution in [1.29, 1.82) is 0 Å². The molecule has 0 aliphatic heterocycles. The van der Waals surface area contributed by atoms with Gasteiger partial charge in [-0.05, 0) is 30.5 Å². The Morgan fingerprint density at radius 1 is 1.42 bits per heavy atom. The van der Waals surface area contributed by atoms with E-state index in [-0.39, 0.29) is 23.3 Å². The van der Waals surface area contributed by atoms with Crippen LogP contribution >= 0.6 is 11.3 Å². The molecule has 0 spiro atoms. The van der Waals surface area contributed by atoms with Crippen LogP contribution in [0.1, 0.15) is 28.2 Å². The summed E-state index contributed by atoms with van der Waals surface area (Å²) in [6.07, 6.45) is 0. The van der Waals surface area contributed by atoms with Gasteiger partial charge >= 0.3 is 0 Å². The van der Waals surface area contributed by atoms with E-state index in [0.717, 1.165) is 17.0 Å². The molecule has 5 heteroatoms. The first kappa shape index (κ1) is 13.5. The Labute approximate surface area is 114 Å². The molecule has 1 amide bonds. The lowest BCUT2D eigenvalue weighted by Crippen LogP contribution is -2.29. The third kappa shape index (κ3) is 2.76. The van der Waals surface area contributed by atoms with Crippen molar-refractivity contribution in [2.45, 2.75) is 13.0 Å². The molecule has 100 valence electrons. The molecule has 0 radical (unpaired) electrons. The lowest BCUT2D eigenvalue weighted by Gasteiger charge is -2.24. The van der Waals surface area contributed by atoms with Gasteiger partial charge in [0.15, 0.2) is 0 Å². The Morgan fingerprint density at radius 3 is 2.74 bits per heavy atom. The maximum atomic E-state index is 12.9. The first-order chi connectivity index (χ1) is 9.00. The average molecular weight is 279 g/mol. The Bertz CT molecular complexity index is 583. The van der Waals surface area contributed by atoms with Crippen LogP contribution < -0.4 is 0 Å². The molecule has 0 bridgehead atoms. The summed E-state index contributed by atoms with van der Waals surface area (Å²) >= 11 is 1.56. The van der Waals surface area contributed by atoms with Crippen LogP contribution in [0.3, 0.4) is 0 Å². The first-order valence-corrected chi connectivity index (χ1v) is 6.67. The number of hydrogen-bond donors (Lipinski definition) is 1. The van der Waals surface area contributed by atoms with Crippen molar-refractivity contribution in [3.8, 4) is 5.75 Å². The second-order valence-corrected chi connectivity index (χ2v) is 5.25. The first-order valence-electron chi connectivity index (χ1n) is 5.79. The van der Waals surface area contributed by atoms with Gasteiger partial charge in [0.25, 0.3) is 5.91 Å². The number of benzene rings is 1. The zero-order valence-corrected chi connectivity index (χ0v) is 11.4. The third-order valence-corrected chi connectivity index (χ3v) is 4.09. The standard InChI is InChI=1S/C14H14FNO2S/c1-9(13-4-3-7-19-13)16(2)14(18)11-6-5-10(15)8-12(11)17/h3-9,17H,1-2H3. The minimum atomic E-state index is -0.567. The number of carbonyl (C=O) groups is 1. The molecule has 1 heterocycles. The molecule has 19 heavy (non-hydrogen) atoms. The molecular weight excluding hydrogens is 265 g/mol. The third-order valence-electron chi connectivity index (χ3n) is 3.05. The maximum Gasteiger partial charge on any atom is 0.257 e. The van der Waals surface area contributed by atoms with Gasteiger partial charge in [0.1, 0.15) is 11.6 Å². The van der Waals surface area contributed by atoms with Gasteiger partial charge in [-0.1, -0.05) is 6.07 Å². The van der Waals surface area contributed by atoms with Gasteiger partial charge in [-0.25, -0.2) is 4.39 Å². The van der Waals surface area contributed by atoms with E-state index in [1.807, 2.05) is 24.4 Å². The molecule has 1 aromatic carbocycles. The number of hydrogen-bond acceptors (Lipinski definition) is 3. The van der Waals surface area contributed by atoms with Crippen LogP contribution in [-0.4, -0.2) is 23.0 Å². The summed E-state index contributed by atoms with van der Waals surface area (Å²) in [5.41, 5.74) is 0.104. The fourth-order valence-electron chi connectivity index (χ4n) is 1.77. The number of thiophene rings is 1. The largest absolute Gasteiger partial charge is 0.507 e. The number of halogens is 1. The van der Waals surface area contributed by atoms with Crippen LogP contribution in [-0.2, 0) is 0 Å². The van der Waals surface area contributed by atoms with E-state index in [2.05, 4.69) is 0 Å². The number of amides is 1. The molecule has 1 aromatic heterocycles. The topological polar surface area (TPSA) is 40.5 Å². The molecule has 0 saturated carbocycles. The Hall–Kier alpha value is -1.88. The van der Waals surface area contributed by atoms with Crippen LogP contribution in [0.2, 0.25) is 0 Å². The van der Waals surface area contributed by atoms with Gasteiger partial charge in [0.05, 0.1) is 11.6 Å². The SMILES string of the molecule is CC(c1cccs1)N(C)C(=O)c1ccc(F)cc1O. The summed E-state index contributed by atoms with van der Waals surface area (Å²) < 4.78 is 12.9. The van der Waals surface area contributed by atoms with E-state index >= 15 is 0 Å². The summed E-state index contributed by atoms with van der Waals surface area (Å²) in [5, 5.41) is 11.6. The zero-order chi connectivity index (χ0) is 14.0. The Balaban J connectivity index is 2.24. The van der Waals surface area contributed by atoms with Crippen molar-refractivity contribution in [2.24, 2.45) is 0 Å². The number of aromatic hydroxyl groups is 1. The van der Waals surface area contributed by atoms with Gasteiger partial charge in [-0.15, -0.1) is 11.3 Å². The summed E-state index contributed by atoms with van der Waals surface area (Å²) in [4.78, 5) is 14.8. The van der Waals surface area contributed by atoms with Crippen molar-refractivity contribution in [3.63, 3.8) is 0 Å². The van der Waals surface area contributed by atoms with Crippen molar-refractivity contribution in [1.82, 2.24) is 4.90 Å². The fraction of sp³-hybridized carbons (Fsp3) is 0.214. The van der Waals surface area contributed by atoms with E-state index in [1.54, 1.807) is 18.4 Å². The minimum Gasteiger partial charge on any atom is -0.507 e. The smallest absolute Gasteiger partial charge is 0.257 e. The molecule has 0 fully saturated rings. The molecular formula is C14H14FNO2S. The van der Waals surface area contributed by atoms with Gasteiger partial charge in [-0.2, -0.15) is 0 Å². The van der Waals surface area contributed by atoms with E-state index in [4.69, 9.17) is 0 Å². The van der Waals surface area contributed by atoms with E-state index in [9.17, 15) is 14.3 Å². The quantitative estimate of drug-likeness (QED) is 0.935. The molecule has 0 aliphatic carbocycles. The van der Waals surface area contributed by atoms with Crippen LogP contribution in [0.25, 0.3) is 0 Å². The van der Waals surface area contributed by atoms with Crippen molar-refractivity contribution in [2.75, 3.05) is 7.05 Å². The van der Waals surface area contributed by atoms with Gasteiger partial charge < -0.3 is 10.0 Å². The maximum absolute atomic E-state index is 12.9. The highest BCUT2D eigenvalue weighted by molar-refractivity contribution is 7.10. The molecule has 1 unspecified atom stereocenters. The molecule has 0 saturated heterocycles. The molecule has 2 aromatic rings. The normalized spacial score (nSPS) is 12.2. The zero-order valence-electron chi connectivity index (χ0n) is 10.6. The van der Waals surface area contributed by atoms with Gasteiger partial charge in [0.2, 0.25) is 0 Å². The van der Waals surface area contributed by atoms with Gasteiger partial charge in [0, 0.05) is 18.0 Å². The van der Waals surface area contributed by atoms with Gasteiger partial charge in [-0.3, -0.25) is 4.79 Å². The molecule has 2 rings (SSSR count). The van der Waals surface area contributed by atoms with Crippen LogP contribution in [0.15, 0.2) is 35.7 Å². The molecule has 3 nitrogen and oxygen atoms in total. The lowest BCUT2D eigenvalue weighted by molar-refractivity contribution is 0.0742. The highest BCUT2D eigenvalue weighted by atomic mass is 32.1. The monoisotopic (exact) mass is 279 g/mol. The van der Waals surface area contributed by atoms with E-state index < -0.39 is 5.82 Å². The predicted octanol–water partition coefficient (Wildman–Crippen LogP) is 3.43. The average Bonchev–Trinajstić information content (AvgIpc) is 2.90. The summed E-state index contributed by atoms with van der Waals surface area (Å²) in [7, 11) is 1.66. The van der Waals surface area contributed by atoms with Crippen LogP contribution in [0.4, 0.5) is 4.39 Å². The predicted molar refractivity (Wildman–Crippen MR) is 72.9 cm³/mol. The van der Waals surface area contributed by atoms with Crippen LogP contribution in [0.5, 0.6) is 5.75 Å². The molecule has 1 atom stereocenters. The summed E-state index contributed by atoms with van der Waals surface area (Å²) in [6.45, 7) is 1.91. The lowest BCUT2D eigenvalue weighted by atomic mass is 10.1. The number of phenolic OH excluding ortho intramolecular Hbond substituents is 1. The van der Waals surface area contributed by atoms with Crippen molar-refractivity contribution < 1.29 is 14.3 Å². The molecule has 0 aliphatic rings. The number of rotatable bonds is 3. The number of carbonyl (C=O) groups excluding carboxylic acids is 1. The highest BCUT2D eigenvalue weighted by Gasteiger charge is 2.22. The van der Waals surface area contributed by atoms with E-state index in [0.29, 0.717) is 0 Å². The van der Waals surface area contributed by atoms with Crippen LogP contribution in [0, 0.1) is 5.82 Å². The van der Waals surface area contributed by atoms with Crippen molar-refractivity contribution in [3.05, 3.63) is 52.0 Å². The molecule has 1 N–H and O–H groups in total. The van der Waals surface area contributed by atoms with E-state index in [1.165, 1.54) is 11.0 Å². The Kier molecular flexibility index (Phi) is 3.85. The highest BCUT2D eigenvalue weighted by Crippen LogP contribution is 2.27. The second-order valence-electron chi connectivity index (χ2n) is 4.27. The fourth-order valence-corrected chi connectivity index (χ4v) is 2.60. The Morgan fingerprint density at radius 2 is 2.16 bits per heavy atom. The number of nitrogens with zero attached hydrogens (tertiary/aromatic N) is 1.